The van der Waals surface area contributed by atoms with Gasteiger partial charge in [0.1, 0.15) is 11.5 Å². The van der Waals surface area contributed by atoms with Crippen LogP contribution in [-0.4, -0.2) is 51.2 Å². The molecule has 0 unspecified atom stereocenters. The van der Waals surface area contributed by atoms with Gasteiger partial charge in [-0.1, -0.05) is 0 Å². The molecule has 5 nitrogen and oxygen atoms in total. The zero-order chi connectivity index (χ0) is 14.1. The monoisotopic (exact) mass is 276 g/mol. The molecule has 0 radical (unpaired) electrons. The first-order chi connectivity index (χ1) is 9.66. The number of hydrogen-bond acceptors (Lipinski definition) is 4. The summed E-state index contributed by atoms with van der Waals surface area (Å²) in [6.45, 7) is 2.75. The Morgan fingerprint density at radius 3 is 2.90 bits per heavy atom. The van der Waals surface area contributed by atoms with Crippen LogP contribution < -0.4 is 14.8 Å². The quantitative estimate of drug-likeness (QED) is 0.886. The van der Waals surface area contributed by atoms with Gasteiger partial charge in [0.2, 0.25) is 0 Å². The molecular weight excluding hydrogens is 256 g/mol. The number of carbonyl (C=O) groups is 1. The maximum absolute atomic E-state index is 12.5. The van der Waals surface area contributed by atoms with Crippen LogP contribution in [0.5, 0.6) is 11.5 Å². The number of likely N-dealkylation sites (N-methyl/N-ethyl adjacent to an activating group) is 1. The largest absolute Gasteiger partial charge is 0.493 e. The van der Waals surface area contributed by atoms with Crippen molar-refractivity contribution in [1.29, 1.82) is 0 Å². The van der Waals surface area contributed by atoms with Gasteiger partial charge in [-0.25, -0.2) is 0 Å². The number of fused-ring (bicyclic) bond motifs is 2. The summed E-state index contributed by atoms with van der Waals surface area (Å²) in [5.74, 6) is 1.57. The molecule has 2 aliphatic rings. The van der Waals surface area contributed by atoms with Crippen LogP contribution in [0.2, 0.25) is 0 Å². The van der Waals surface area contributed by atoms with Crippen LogP contribution in [-0.2, 0) is 12.8 Å². The Morgan fingerprint density at radius 2 is 2.10 bits per heavy atom. The molecule has 0 bridgehead atoms. The highest BCUT2D eigenvalue weighted by molar-refractivity contribution is 6.00. The van der Waals surface area contributed by atoms with Crippen LogP contribution in [0.1, 0.15) is 21.5 Å². The van der Waals surface area contributed by atoms with E-state index in [0.29, 0.717) is 25.3 Å². The fourth-order valence-electron chi connectivity index (χ4n) is 2.71. The van der Waals surface area contributed by atoms with Crippen LogP contribution in [0.25, 0.3) is 0 Å². The van der Waals surface area contributed by atoms with Gasteiger partial charge in [-0.3, -0.25) is 4.79 Å². The first kappa shape index (κ1) is 13.2. The maximum Gasteiger partial charge on any atom is 0.255 e. The van der Waals surface area contributed by atoms with Crippen LogP contribution in [0.4, 0.5) is 0 Å². The van der Waals surface area contributed by atoms with E-state index in [1.54, 1.807) is 0 Å². The van der Waals surface area contributed by atoms with Crippen molar-refractivity contribution in [3.63, 3.8) is 0 Å². The molecule has 2 aliphatic heterocycles. The van der Waals surface area contributed by atoms with E-state index in [1.165, 1.54) is 0 Å². The van der Waals surface area contributed by atoms with Crippen LogP contribution in [0.3, 0.4) is 0 Å². The van der Waals surface area contributed by atoms with E-state index in [-0.39, 0.29) is 5.91 Å². The lowest BCUT2D eigenvalue weighted by Crippen LogP contribution is -2.32. The zero-order valence-electron chi connectivity index (χ0n) is 12.0. The summed E-state index contributed by atoms with van der Waals surface area (Å²) < 4.78 is 11.3. The van der Waals surface area contributed by atoms with Crippen LogP contribution in [0.15, 0.2) is 6.07 Å². The van der Waals surface area contributed by atoms with Gasteiger partial charge in [-0.05, 0) is 20.2 Å². The molecule has 0 saturated heterocycles. The highest BCUT2D eigenvalue weighted by Gasteiger charge is 2.29. The van der Waals surface area contributed by atoms with Crippen molar-refractivity contribution >= 4 is 5.91 Å². The molecule has 1 aromatic carbocycles. The minimum absolute atomic E-state index is 0.0487. The number of ether oxygens (including phenoxy) is 2. The third-order valence-electron chi connectivity index (χ3n) is 3.72. The second-order valence-corrected chi connectivity index (χ2v) is 5.47. The van der Waals surface area contributed by atoms with Gasteiger partial charge in [0.15, 0.2) is 0 Å². The second kappa shape index (κ2) is 5.32. The molecule has 5 heteroatoms. The standard InChI is InChI=1S/C15H20N2O3/c1-17(2)6-5-16-15(18)13-11-4-8-19-12(11)9-10-3-7-20-14(10)13/h9H,3-8H2,1-2H3,(H,16,18). The van der Waals surface area contributed by atoms with Crippen molar-refractivity contribution in [3.8, 4) is 11.5 Å². The number of benzene rings is 1. The molecule has 20 heavy (non-hydrogen) atoms. The van der Waals surface area contributed by atoms with E-state index < -0.39 is 0 Å². The number of rotatable bonds is 4. The average molecular weight is 276 g/mol. The molecular formula is C15H20N2O3. The van der Waals surface area contributed by atoms with Crippen molar-refractivity contribution in [2.24, 2.45) is 0 Å². The normalized spacial score (nSPS) is 15.6. The van der Waals surface area contributed by atoms with Crippen molar-refractivity contribution in [2.45, 2.75) is 12.8 Å². The number of nitrogens with one attached hydrogen (secondary N) is 1. The Morgan fingerprint density at radius 1 is 1.30 bits per heavy atom. The molecule has 108 valence electrons. The summed E-state index contributed by atoms with van der Waals surface area (Å²) in [5, 5.41) is 2.97. The van der Waals surface area contributed by atoms with Gasteiger partial charge in [0.25, 0.3) is 5.91 Å². The van der Waals surface area contributed by atoms with E-state index in [0.717, 1.165) is 42.0 Å². The maximum atomic E-state index is 12.5. The van der Waals surface area contributed by atoms with Gasteiger partial charge in [0, 0.05) is 37.1 Å². The first-order valence-corrected chi connectivity index (χ1v) is 7.04. The molecule has 2 heterocycles. The SMILES string of the molecule is CN(C)CCNC(=O)c1c2c(cc3c1OCC3)OCC2. The Kier molecular flexibility index (Phi) is 3.53. The van der Waals surface area contributed by atoms with E-state index in [9.17, 15) is 4.79 Å². The minimum Gasteiger partial charge on any atom is -0.493 e. The van der Waals surface area contributed by atoms with Crippen molar-refractivity contribution < 1.29 is 14.3 Å². The molecule has 0 aromatic heterocycles. The van der Waals surface area contributed by atoms with Gasteiger partial charge in [-0.15, -0.1) is 0 Å². The van der Waals surface area contributed by atoms with Crippen molar-refractivity contribution in [1.82, 2.24) is 10.2 Å². The van der Waals surface area contributed by atoms with Crippen LogP contribution >= 0.6 is 0 Å². The fourth-order valence-corrected chi connectivity index (χ4v) is 2.71. The molecule has 1 amide bonds. The summed E-state index contributed by atoms with van der Waals surface area (Å²) >= 11 is 0. The first-order valence-electron chi connectivity index (χ1n) is 7.04. The van der Waals surface area contributed by atoms with Gasteiger partial charge in [-0.2, -0.15) is 0 Å². The molecule has 0 aliphatic carbocycles. The highest BCUT2D eigenvalue weighted by atomic mass is 16.5. The predicted octanol–water partition coefficient (Wildman–Crippen LogP) is 0.848. The van der Waals surface area contributed by atoms with Gasteiger partial charge >= 0.3 is 0 Å². The summed E-state index contributed by atoms with van der Waals surface area (Å²) in [6, 6.07) is 2.03. The van der Waals surface area contributed by atoms with Crippen molar-refractivity contribution in [3.05, 3.63) is 22.8 Å². The topological polar surface area (TPSA) is 50.8 Å². The molecule has 3 rings (SSSR count). The van der Waals surface area contributed by atoms with Gasteiger partial charge < -0.3 is 19.7 Å². The predicted molar refractivity (Wildman–Crippen MR) is 75.7 cm³/mol. The Hall–Kier alpha value is -1.75. The molecule has 0 saturated carbocycles. The lowest BCUT2D eigenvalue weighted by molar-refractivity contribution is 0.0947. The summed E-state index contributed by atoms with van der Waals surface area (Å²) in [4.78, 5) is 14.5. The Balaban J connectivity index is 1.87. The third-order valence-corrected chi connectivity index (χ3v) is 3.72. The van der Waals surface area contributed by atoms with Crippen LogP contribution in [0, 0.1) is 0 Å². The summed E-state index contributed by atoms with van der Waals surface area (Å²) in [6.07, 6.45) is 1.63. The molecule has 1 N–H and O–H groups in total. The second-order valence-electron chi connectivity index (χ2n) is 5.47. The van der Waals surface area contributed by atoms with E-state index >= 15 is 0 Å². The smallest absolute Gasteiger partial charge is 0.255 e. The van der Waals surface area contributed by atoms with E-state index in [1.807, 2.05) is 25.1 Å². The number of carbonyl (C=O) groups excluding carboxylic acids is 1. The fraction of sp³-hybridized carbons (Fsp3) is 0.533. The van der Waals surface area contributed by atoms with Crippen molar-refractivity contribution in [2.75, 3.05) is 40.4 Å². The third kappa shape index (κ3) is 2.33. The molecule has 0 atom stereocenters. The summed E-state index contributed by atoms with van der Waals surface area (Å²) in [5.41, 5.74) is 2.77. The lowest BCUT2D eigenvalue weighted by atomic mass is 9.99. The minimum atomic E-state index is -0.0487. The number of hydrogen-bond donors (Lipinski definition) is 1. The van der Waals surface area contributed by atoms with E-state index in [4.69, 9.17) is 9.47 Å². The lowest BCUT2D eigenvalue weighted by Gasteiger charge is -2.14. The van der Waals surface area contributed by atoms with E-state index in [2.05, 4.69) is 5.32 Å². The Labute approximate surface area is 118 Å². The number of amides is 1. The van der Waals surface area contributed by atoms with Gasteiger partial charge in [0.05, 0.1) is 18.8 Å². The highest BCUT2D eigenvalue weighted by Crippen LogP contribution is 2.40. The zero-order valence-corrected chi connectivity index (χ0v) is 12.0. The summed E-state index contributed by atoms with van der Waals surface area (Å²) in [7, 11) is 3.97. The average Bonchev–Trinajstić information content (AvgIpc) is 3.02. The molecule has 1 aromatic rings. The molecule has 0 spiro atoms. The Bertz CT molecular complexity index is 508. The number of nitrogens with zero attached hydrogens (tertiary/aromatic N) is 1. The molecule has 0 fully saturated rings.